The smallest absolute Gasteiger partial charge is 0.0391 e. The summed E-state index contributed by atoms with van der Waals surface area (Å²) in [6.45, 7) is 15.3. The molecule has 0 aromatic carbocycles. The predicted molar refractivity (Wildman–Crippen MR) is 66.1 cm³/mol. The highest BCUT2D eigenvalue weighted by Crippen LogP contribution is 2.21. The van der Waals surface area contributed by atoms with Gasteiger partial charge in [-0.05, 0) is 11.8 Å². The van der Waals surface area contributed by atoms with E-state index >= 15 is 0 Å². The summed E-state index contributed by atoms with van der Waals surface area (Å²) in [5.41, 5.74) is 0. The highest BCUT2D eigenvalue weighted by atomic mass is 14.2. The van der Waals surface area contributed by atoms with Crippen LogP contribution in [0.1, 0.15) is 60.8 Å². The molecule has 0 aliphatic heterocycles. The third-order valence-electron chi connectivity index (χ3n) is 2.26. The van der Waals surface area contributed by atoms with Gasteiger partial charge in [-0.1, -0.05) is 60.8 Å². The number of hydrogen-bond acceptors (Lipinski definition) is 0. The normalized spacial score (nSPS) is 9.08. The van der Waals surface area contributed by atoms with Crippen LogP contribution < -0.4 is 0 Å². The summed E-state index contributed by atoms with van der Waals surface area (Å²) in [6.07, 6.45) is 5.54. The maximum Gasteiger partial charge on any atom is -0.0391 e. The number of hydrogen-bond donors (Lipinski definition) is 0. The first-order chi connectivity index (χ1) is 5.72. The molecule has 13 heavy (non-hydrogen) atoms. The molecule has 0 amide bonds. The molecule has 0 saturated carbocycles. The Hall–Kier alpha value is -0.260. The van der Waals surface area contributed by atoms with Gasteiger partial charge >= 0.3 is 0 Å². The fourth-order valence-corrected chi connectivity index (χ4v) is 1.55. The topological polar surface area (TPSA) is 0 Å². The molecule has 0 aliphatic carbocycles. The van der Waals surface area contributed by atoms with E-state index in [4.69, 9.17) is 0 Å². The van der Waals surface area contributed by atoms with Gasteiger partial charge in [0.25, 0.3) is 0 Å². The van der Waals surface area contributed by atoms with Crippen molar-refractivity contribution in [3.8, 4) is 0 Å². The van der Waals surface area contributed by atoms with Gasteiger partial charge in [-0.2, -0.15) is 0 Å². The molecule has 0 fully saturated rings. The van der Waals surface area contributed by atoms with Crippen molar-refractivity contribution in [1.82, 2.24) is 0 Å². The second kappa shape index (κ2) is 14.3. The summed E-state index contributed by atoms with van der Waals surface area (Å²) in [6, 6.07) is 0. The van der Waals surface area contributed by atoms with E-state index in [1.807, 2.05) is 0 Å². The molecule has 0 heteroatoms. The van der Waals surface area contributed by atoms with Gasteiger partial charge in [0.1, 0.15) is 0 Å². The second-order valence-corrected chi connectivity index (χ2v) is 3.58. The lowest BCUT2D eigenvalue weighted by atomic mass is 9.88. The maximum atomic E-state index is 3.00. The van der Waals surface area contributed by atoms with Crippen LogP contribution in [0.15, 0.2) is 13.2 Å². The fourth-order valence-electron chi connectivity index (χ4n) is 1.55. The molecule has 0 aliphatic rings. The Balaban J connectivity index is -0.000000309. The van der Waals surface area contributed by atoms with Gasteiger partial charge in [0.05, 0.1) is 0 Å². The first-order valence-electron chi connectivity index (χ1n) is 5.22. The van der Waals surface area contributed by atoms with E-state index in [1.54, 1.807) is 0 Å². The Morgan fingerprint density at radius 1 is 0.923 bits per heavy atom. The molecule has 0 spiro atoms. The van der Waals surface area contributed by atoms with E-state index in [0.717, 1.165) is 11.8 Å². The van der Waals surface area contributed by atoms with Crippen molar-refractivity contribution in [3.05, 3.63) is 13.2 Å². The molecule has 0 saturated heterocycles. The summed E-state index contributed by atoms with van der Waals surface area (Å²) in [7, 11) is 0. The summed E-state index contributed by atoms with van der Waals surface area (Å²) >= 11 is 0. The lowest BCUT2D eigenvalue weighted by molar-refractivity contribution is 0.331. The van der Waals surface area contributed by atoms with E-state index in [1.165, 1.54) is 25.7 Å². The molecule has 82 valence electrons. The van der Waals surface area contributed by atoms with Crippen LogP contribution in [0.3, 0.4) is 0 Å². The zero-order chi connectivity index (χ0) is 9.98. The van der Waals surface area contributed by atoms with Crippen LogP contribution in [-0.2, 0) is 0 Å². The van der Waals surface area contributed by atoms with E-state index < -0.39 is 0 Å². The van der Waals surface area contributed by atoms with Crippen molar-refractivity contribution in [1.29, 1.82) is 0 Å². The van der Waals surface area contributed by atoms with Gasteiger partial charge in [0.15, 0.2) is 0 Å². The highest BCUT2D eigenvalue weighted by Gasteiger charge is 2.09. The third kappa shape index (κ3) is 11.7. The molecule has 0 unspecified atom stereocenters. The first-order valence-corrected chi connectivity index (χ1v) is 5.22. The van der Waals surface area contributed by atoms with Crippen LogP contribution in [0.5, 0.6) is 0 Å². The average Bonchev–Trinajstić information content (AvgIpc) is 2.08. The predicted octanol–water partition coefficient (Wildman–Crippen LogP) is 5.30. The molecule has 0 radical (unpaired) electrons. The molecule has 0 nitrogen and oxygen atoms in total. The Morgan fingerprint density at radius 3 is 1.38 bits per heavy atom. The average molecular weight is 186 g/mol. The first kappa shape index (κ1) is 18.5. The lowest BCUT2D eigenvalue weighted by Gasteiger charge is -2.18. The summed E-state index contributed by atoms with van der Waals surface area (Å²) in [5.74, 6) is 1.87. The molecule has 0 rings (SSSR count). The van der Waals surface area contributed by atoms with E-state index in [-0.39, 0.29) is 7.43 Å². The molecule has 0 N–H and O–H groups in total. The maximum absolute atomic E-state index is 3.00. The molecule has 0 heterocycles. The van der Waals surface area contributed by atoms with Crippen molar-refractivity contribution < 1.29 is 0 Å². The van der Waals surface area contributed by atoms with Gasteiger partial charge < -0.3 is 0 Å². The number of rotatable bonds is 5. The largest absolute Gasteiger partial charge is 0.106 e. The lowest BCUT2D eigenvalue weighted by Crippen LogP contribution is -2.07. The van der Waals surface area contributed by atoms with Crippen LogP contribution in [0.4, 0.5) is 0 Å². The Kier molecular flexibility index (Phi) is 20.3. The van der Waals surface area contributed by atoms with Crippen molar-refractivity contribution in [3.63, 3.8) is 0 Å². The van der Waals surface area contributed by atoms with Crippen molar-refractivity contribution in [2.75, 3.05) is 0 Å². The summed E-state index contributed by atoms with van der Waals surface area (Å²) < 4.78 is 0. The SMILES string of the molecule is C.C=C.CCCC(CCC)C(C)C. The van der Waals surface area contributed by atoms with Crippen molar-refractivity contribution in [2.45, 2.75) is 60.8 Å². The summed E-state index contributed by atoms with van der Waals surface area (Å²) in [5, 5.41) is 0. The molecular weight excluding hydrogens is 156 g/mol. The standard InChI is InChI=1S/C10H22.C2H4.CH4/c1-5-7-10(8-6-2)9(3)4;1-2;/h9-10H,5-8H2,1-4H3;1-2H2;1H4. The van der Waals surface area contributed by atoms with E-state index in [2.05, 4.69) is 40.9 Å². The fraction of sp³-hybridized carbons (Fsp3) is 0.846. The molecule has 0 aromatic heterocycles. The minimum atomic E-state index is 0. The molecule has 0 aromatic rings. The Morgan fingerprint density at radius 2 is 1.23 bits per heavy atom. The monoisotopic (exact) mass is 186 g/mol. The third-order valence-corrected chi connectivity index (χ3v) is 2.26. The quantitative estimate of drug-likeness (QED) is 0.511. The van der Waals surface area contributed by atoms with Crippen LogP contribution in [0.25, 0.3) is 0 Å². The van der Waals surface area contributed by atoms with Crippen LogP contribution >= 0.6 is 0 Å². The van der Waals surface area contributed by atoms with Crippen LogP contribution in [0.2, 0.25) is 0 Å². The molecule has 0 atom stereocenters. The van der Waals surface area contributed by atoms with Gasteiger partial charge in [-0.25, -0.2) is 0 Å². The van der Waals surface area contributed by atoms with Gasteiger partial charge in [-0.3, -0.25) is 0 Å². The minimum Gasteiger partial charge on any atom is -0.106 e. The zero-order valence-electron chi connectivity index (χ0n) is 9.40. The zero-order valence-corrected chi connectivity index (χ0v) is 9.40. The van der Waals surface area contributed by atoms with E-state index in [0.29, 0.717) is 0 Å². The minimum absolute atomic E-state index is 0. The molecule has 0 bridgehead atoms. The van der Waals surface area contributed by atoms with Crippen LogP contribution in [-0.4, -0.2) is 0 Å². The van der Waals surface area contributed by atoms with Gasteiger partial charge in [0, 0.05) is 0 Å². The molecular formula is C13H30. The summed E-state index contributed by atoms with van der Waals surface area (Å²) in [4.78, 5) is 0. The van der Waals surface area contributed by atoms with Crippen LogP contribution in [0, 0.1) is 11.8 Å². The van der Waals surface area contributed by atoms with Crippen molar-refractivity contribution in [2.24, 2.45) is 11.8 Å². The Labute approximate surface area is 86.4 Å². The highest BCUT2D eigenvalue weighted by molar-refractivity contribution is 4.61. The second-order valence-electron chi connectivity index (χ2n) is 3.58. The van der Waals surface area contributed by atoms with E-state index in [9.17, 15) is 0 Å². The van der Waals surface area contributed by atoms with Crippen molar-refractivity contribution >= 4 is 0 Å². The van der Waals surface area contributed by atoms with Gasteiger partial charge in [-0.15, -0.1) is 13.2 Å². The Bertz CT molecular complexity index is 68.1. The van der Waals surface area contributed by atoms with Gasteiger partial charge in [0.2, 0.25) is 0 Å².